The zero-order valence-corrected chi connectivity index (χ0v) is 19.7. The minimum absolute atomic E-state index is 0.0550. The predicted octanol–water partition coefficient (Wildman–Crippen LogP) is 6.00. The highest BCUT2D eigenvalue weighted by Crippen LogP contribution is 2.44. The Morgan fingerprint density at radius 1 is 1.06 bits per heavy atom. The van der Waals surface area contributed by atoms with Crippen molar-refractivity contribution in [2.24, 2.45) is 0 Å². The maximum absolute atomic E-state index is 13.5. The second-order valence-corrected chi connectivity index (χ2v) is 8.22. The number of carbonyl (C=O) groups excluding carboxylic acids is 1. The van der Waals surface area contributed by atoms with Gasteiger partial charge in [-0.1, -0.05) is 19.0 Å². The summed E-state index contributed by atoms with van der Waals surface area (Å²) in [7, 11) is 1.56. The van der Waals surface area contributed by atoms with Crippen LogP contribution in [0, 0.1) is 6.92 Å². The Morgan fingerprint density at radius 3 is 2.24 bits per heavy atom. The molecule has 7 nitrogen and oxygen atoms in total. The van der Waals surface area contributed by atoms with Crippen molar-refractivity contribution in [3.05, 3.63) is 77.1 Å². The SMILES string of the molecule is CCC(CC)c1c(C(=O)c2ccc(OC)cc2)c(O)c(O)n1-c1ccc(-c2cc(C)no2)cc1. The van der Waals surface area contributed by atoms with Crippen LogP contribution in [-0.2, 0) is 0 Å². The first-order chi connectivity index (χ1) is 16.4. The topological polar surface area (TPSA) is 97.7 Å². The van der Waals surface area contributed by atoms with Crippen LogP contribution in [0.15, 0.2) is 59.1 Å². The summed E-state index contributed by atoms with van der Waals surface area (Å²) in [5.41, 5.74) is 3.35. The molecule has 34 heavy (non-hydrogen) atoms. The van der Waals surface area contributed by atoms with Gasteiger partial charge in [-0.25, -0.2) is 0 Å². The average molecular weight is 461 g/mol. The molecule has 2 heterocycles. The molecule has 4 rings (SSSR count). The molecule has 0 saturated carbocycles. The largest absolute Gasteiger partial charge is 0.503 e. The van der Waals surface area contributed by atoms with Gasteiger partial charge in [0, 0.05) is 34.5 Å². The highest BCUT2D eigenvalue weighted by atomic mass is 16.5. The van der Waals surface area contributed by atoms with Gasteiger partial charge < -0.3 is 19.5 Å². The number of nitrogens with zero attached hydrogens (tertiary/aromatic N) is 2. The van der Waals surface area contributed by atoms with E-state index < -0.39 is 5.75 Å². The van der Waals surface area contributed by atoms with Gasteiger partial charge in [0.25, 0.3) is 0 Å². The fraction of sp³-hybridized carbons (Fsp3) is 0.259. The van der Waals surface area contributed by atoms with Crippen molar-refractivity contribution in [3.8, 4) is 34.4 Å². The normalized spacial score (nSPS) is 11.2. The number of rotatable bonds is 8. The molecule has 0 aliphatic rings. The number of aromatic nitrogens is 2. The zero-order chi connectivity index (χ0) is 24.4. The molecule has 4 aromatic rings. The van der Waals surface area contributed by atoms with E-state index in [4.69, 9.17) is 9.26 Å². The molecule has 2 aromatic carbocycles. The van der Waals surface area contributed by atoms with Gasteiger partial charge >= 0.3 is 0 Å². The Morgan fingerprint density at radius 2 is 1.71 bits per heavy atom. The average Bonchev–Trinajstić information content (AvgIpc) is 3.41. The quantitative estimate of drug-likeness (QED) is 0.313. The van der Waals surface area contributed by atoms with Crippen LogP contribution in [0.4, 0.5) is 0 Å². The fourth-order valence-corrected chi connectivity index (χ4v) is 4.27. The van der Waals surface area contributed by atoms with E-state index in [0.717, 1.165) is 24.1 Å². The summed E-state index contributed by atoms with van der Waals surface area (Å²) in [6.45, 7) is 5.90. The summed E-state index contributed by atoms with van der Waals surface area (Å²) in [4.78, 5) is 13.5. The smallest absolute Gasteiger partial charge is 0.240 e. The summed E-state index contributed by atoms with van der Waals surface area (Å²) >= 11 is 0. The van der Waals surface area contributed by atoms with Crippen LogP contribution in [0.5, 0.6) is 17.4 Å². The van der Waals surface area contributed by atoms with Crippen LogP contribution in [0.3, 0.4) is 0 Å². The first-order valence-corrected chi connectivity index (χ1v) is 11.3. The van der Waals surface area contributed by atoms with Crippen molar-refractivity contribution in [1.29, 1.82) is 0 Å². The van der Waals surface area contributed by atoms with E-state index in [-0.39, 0.29) is 23.1 Å². The Labute approximate surface area is 198 Å². The summed E-state index contributed by atoms with van der Waals surface area (Å²) in [5.74, 6) is 0.0767. The van der Waals surface area contributed by atoms with Crippen LogP contribution in [0.1, 0.15) is 59.9 Å². The number of hydrogen-bond donors (Lipinski definition) is 2. The predicted molar refractivity (Wildman–Crippen MR) is 129 cm³/mol. The lowest BCUT2D eigenvalue weighted by Gasteiger charge is -2.19. The molecular weight excluding hydrogens is 432 g/mol. The molecule has 0 bridgehead atoms. The molecule has 0 radical (unpaired) electrons. The van der Waals surface area contributed by atoms with E-state index in [2.05, 4.69) is 5.16 Å². The highest BCUT2D eigenvalue weighted by molar-refractivity contribution is 6.12. The van der Waals surface area contributed by atoms with Crippen LogP contribution >= 0.6 is 0 Å². The van der Waals surface area contributed by atoms with Crippen molar-refractivity contribution in [3.63, 3.8) is 0 Å². The molecule has 0 fully saturated rings. The molecule has 0 spiro atoms. The first kappa shape index (κ1) is 23.2. The van der Waals surface area contributed by atoms with Crippen LogP contribution in [0.2, 0.25) is 0 Å². The molecule has 2 N–H and O–H groups in total. The summed E-state index contributed by atoms with van der Waals surface area (Å²) in [5, 5.41) is 25.8. The van der Waals surface area contributed by atoms with Crippen LogP contribution in [-0.4, -0.2) is 32.8 Å². The van der Waals surface area contributed by atoms with Crippen molar-refractivity contribution >= 4 is 5.78 Å². The van der Waals surface area contributed by atoms with Gasteiger partial charge in [0.2, 0.25) is 5.88 Å². The van der Waals surface area contributed by atoms with Crippen LogP contribution < -0.4 is 4.74 Å². The van der Waals surface area contributed by atoms with E-state index in [1.165, 1.54) is 0 Å². The van der Waals surface area contributed by atoms with Crippen molar-refractivity contribution in [2.75, 3.05) is 7.11 Å². The molecular formula is C27H28N2O5. The number of methoxy groups -OCH3 is 1. The van der Waals surface area contributed by atoms with E-state index >= 15 is 0 Å². The number of benzene rings is 2. The molecule has 7 heteroatoms. The van der Waals surface area contributed by atoms with Crippen molar-refractivity contribution in [2.45, 2.75) is 39.5 Å². The molecule has 0 amide bonds. The van der Waals surface area contributed by atoms with E-state index in [1.54, 1.807) is 35.9 Å². The number of ether oxygens (including phenoxy) is 1. The third-order valence-corrected chi connectivity index (χ3v) is 6.15. The Kier molecular flexibility index (Phi) is 6.45. The van der Waals surface area contributed by atoms with Gasteiger partial charge in [-0.3, -0.25) is 9.36 Å². The molecule has 176 valence electrons. The second-order valence-electron chi connectivity index (χ2n) is 8.22. The summed E-state index contributed by atoms with van der Waals surface area (Å²) in [6, 6.07) is 15.9. The number of aryl methyl sites for hydroxylation is 1. The van der Waals surface area contributed by atoms with Gasteiger partial charge in [0.05, 0.1) is 18.4 Å². The van der Waals surface area contributed by atoms with Gasteiger partial charge in [-0.05, 0) is 68.3 Å². The molecule has 2 aromatic heterocycles. The van der Waals surface area contributed by atoms with Gasteiger partial charge in [0.15, 0.2) is 17.3 Å². The zero-order valence-electron chi connectivity index (χ0n) is 19.7. The number of hydrogen-bond acceptors (Lipinski definition) is 6. The Balaban J connectivity index is 1.85. The molecule has 0 aliphatic carbocycles. The third-order valence-electron chi connectivity index (χ3n) is 6.15. The van der Waals surface area contributed by atoms with E-state index in [9.17, 15) is 15.0 Å². The Hall–Kier alpha value is -4.00. The molecule has 0 unspecified atom stereocenters. The second kappa shape index (κ2) is 9.47. The third kappa shape index (κ3) is 4.05. The number of carbonyl (C=O) groups is 1. The molecule has 0 aliphatic heterocycles. The maximum Gasteiger partial charge on any atom is 0.240 e. The van der Waals surface area contributed by atoms with E-state index in [0.29, 0.717) is 28.5 Å². The summed E-state index contributed by atoms with van der Waals surface area (Å²) in [6.07, 6.45) is 1.47. The lowest BCUT2D eigenvalue weighted by Crippen LogP contribution is -2.11. The van der Waals surface area contributed by atoms with Gasteiger partial charge in [-0.15, -0.1) is 0 Å². The Bertz CT molecular complexity index is 1300. The minimum Gasteiger partial charge on any atom is -0.503 e. The fourth-order valence-electron chi connectivity index (χ4n) is 4.27. The number of ketones is 1. The highest BCUT2D eigenvalue weighted by Gasteiger charge is 2.32. The van der Waals surface area contributed by atoms with E-state index in [1.807, 2.05) is 51.1 Å². The first-order valence-electron chi connectivity index (χ1n) is 11.3. The minimum atomic E-state index is -0.419. The lowest BCUT2D eigenvalue weighted by molar-refractivity contribution is 0.103. The lowest BCUT2D eigenvalue weighted by atomic mass is 9.92. The van der Waals surface area contributed by atoms with Gasteiger partial charge in [0.1, 0.15) is 5.75 Å². The van der Waals surface area contributed by atoms with Crippen LogP contribution in [0.25, 0.3) is 17.0 Å². The molecule has 0 atom stereocenters. The number of aromatic hydroxyl groups is 2. The monoisotopic (exact) mass is 460 g/mol. The standard InChI is InChI=1S/C27H28N2O5/c1-5-17(6-2)24-23(25(30)19-9-13-21(33-4)14-10-19)26(31)27(32)29(24)20-11-7-18(8-12-20)22-15-16(3)28-34-22/h7-15,17,31-32H,5-6H2,1-4H3. The van der Waals surface area contributed by atoms with Gasteiger partial charge in [-0.2, -0.15) is 0 Å². The van der Waals surface area contributed by atoms with Crippen molar-refractivity contribution < 1.29 is 24.3 Å². The van der Waals surface area contributed by atoms with Crippen molar-refractivity contribution in [1.82, 2.24) is 9.72 Å². The summed E-state index contributed by atoms with van der Waals surface area (Å²) < 4.78 is 12.1. The molecule has 0 saturated heterocycles. The maximum atomic E-state index is 13.5.